The number of aromatic nitrogens is 3. The third-order valence-electron chi connectivity index (χ3n) is 3.70. The van der Waals surface area contributed by atoms with Gasteiger partial charge in [0.15, 0.2) is 0 Å². The minimum atomic E-state index is 0.614. The maximum atomic E-state index is 4.45. The second-order valence-electron chi connectivity index (χ2n) is 5.08. The number of hydrogen-bond acceptors (Lipinski definition) is 3. The molecule has 3 nitrogen and oxygen atoms in total. The maximum Gasteiger partial charge on any atom is 0.146 e. The first-order valence-electron chi connectivity index (χ1n) is 6.38. The molecule has 16 heavy (non-hydrogen) atoms. The quantitative estimate of drug-likeness (QED) is 0.752. The van der Waals surface area contributed by atoms with Crippen LogP contribution in [0.2, 0.25) is 0 Å². The van der Waals surface area contributed by atoms with Crippen molar-refractivity contribution in [1.29, 1.82) is 0 Å². The monoisotopic (exact) mass is 237 g/mol. The molecule has 1 aromatic heterocycles. The van der Waals surface area contributed by atoms with E-state index in [-0.39, 0.29) is 0 Å². The van der Waals surface area contributed by atoms with Crippen LogP contribution in [0.4, 0.5) is 0 Å². The van der Waals surface area contributed by atoms with E-state index in [1.165, 1.54) is 43.1 Å². The van der Waals surface area contributed by atoms with E-state index in [9.17, 15) is 0 Å². The van der Waals surface area contributed by atoms with Gasteiger partial charge in [0, 0.05) is 13.0 Å². The number of hydrogen-bond donors (Lipinski definition) is 0. The molecule has 4 heteroatoms. The van der Waals surface area contributed by atoms with Gasteiger partial charge < -0.3 is 4.57 Å². The number of thioether (sulfide) groups is 1. The highest BCUT2D eigenvalue weighted by atomic mass is 32.2. The van der Waals surface area contributed by atoms with Crippen LogP contribution in [0.3, 0.4) is 0 Å². The fourth-order valence-corrected chi connectivity index (χ4v) is 4.00. The van der Waals surface area contributed by atoms with Crippen molar-refractivity contribution in [2.45, 2.75) is 50.8 Å². The average Bonchev–Trinajstić information content (AvgIpc) is 2.73. The molecule has 3 heterocycles. The summed E-state index contributed by atoms with van der Waals surface area (Å²) in [5, 5.41) is 9.44. The van der Waals surface area contributed by atoms with Crippen molar-refractivity contribution in [3.8, 4) is 0 Å². The predicted octanol–water partition coefficient (Wildman–Crippen LogP) is 2.82. The molecule has 2 aliphatic rings. The van der Waals surface area contributed by atoms with E-state index in [1.807, 2.05) is 0 Å². The zero-order valence-corrected chi connectivity index (χ0v) is 10.7. The summed E-state index contributed by atoms with van der Waals surface area (Å²) in [7, 11) is 0. The summed E-state index contributed by atoms with van der Waals surface area (Å²) >= 11 is 2.07. The van der Waals surface area contributed by atoms with Gasteiger partial charge in [0.25, 0.3) is 0 Å². The van der Waals surface area contributed by atoms with Crippen LogP contribution in [0.15, 0.2) is 0 Å². The van der Waals surface area contributed by atoms with Gasteiger partial charge in [-0.25, -0.2) is 0 Å². The molecular weight excluding hydrogens is 218 g/mol. The van der Waals surface area contributed by atoms with E-state index >= 15 is 0 Å². The third-order valence-corrected chi connectivity index (χ3v) is 5.07. The van der Waals surface area contributed by atoms with Gasteiger partial charge in [0.05, 0.1) is 5.25 Å². The Morgan fingerprint density at radius 2 is 2.19 bits per heavy atom. The second kappa shape index (κ2) is 4.40. The first kappa shape index (κ1) is 10.6. The van der Waals surface area contributed by atoms with Gasteiger partial charge in [-0.3, -0.25) is 0 Å². The van der Waals surface area contributed by atoms with E-state index in [1.54, 1.807) is 0 Å². The fraction of sp³-hybridized carbons (Fsp3) is 0.833. The molecule has 2 unspecified atom stereocenters. The van der Waals surface area contributed by atoms with Crippen LogP contribution in [0.1, 0.15) is 49.5 Å². The molecule has 1 saturated heterocycles. The van der Waals surface area contributed by atoms with Crippen LogP contribution in [0.5, 0.6) is 0 Å². The van der Waals surface area contributed by atoms with Crippen molar-refractivity contribution < 1.29 is 0 Å². The molecule has 2 aliphatic heterocycles. The Morgan fingerprint density at radius 3 is 3.00 bits per heavy atom. The maximum absolute atomic E-state index is 4.45. The zero-order valence-electron chi connectivity index (χ0n) is 9.85. The molecule has 2 atom stereocenters. The largest absolute Gasteiger partial charge is 0.314 e. The lowest BCUT2D eigenvalue weighted by Gasteiger charge is -2.25. The molecule has 0 N–H and O–H groups in total. The molecule has 1 fully saturated rings. The van der Waals surface area contributed by atoms with E-state index in [4.69, 9.17) is 0 Å². The Balaban J connectivity index is 1.85. The Hall–Kier alpha value is -0.510. The first-order valence-corrected chi connectivity index (χ1v) is 7.43. The van der Waals surface area contributed by atoms with E-state index in [0.717, 1.165) is 18.9 Å². The van der Waals surface area contributed by atoms with Crippen molar-refractivity contribution in [3.05, 3.63) is 11.6 Å². The summed E-state index contributed by atoms with van der Waals surface area (Å²) in [6, 6.07) is 0. The topological polar surface area (TPSA) is 30.7 Å². The van der Waals surface area contributed by atoms with Crippen molar-refractivity contribution in [2.24, 2.45) is 5.92 Å². The molecular formula is C12H19N3S. The highest BCUT2D eigenvalue weighted by molar-refractivity contribution is 7.99. The van der Waals surface area contributed by atoms with Crippen LogP contribution < -0.4 is 0 Å². The molecule has 0 saturated carbocycles. The Bertz CT molecular complexity index is 368. The smallest absolute Gasteiger partial charge is 0.146 e. The van der Waals surface area contributed by atoms with Crippen molar-refractivity contribution in [1.82, 2.24) is 14.8 Å². The summed E-state index contributed by atoms with van der Waals surface area (Å²) in [6.07, 6.45) is 6.42. The van der Waals surface area contributed by atoms with Gasteiger partial charge in [-0.15, -0.1) is 10.2 Å². The van der Waals surface area contributed by atoms with E-state index in [2.05, 4.69) is 33.5 Å². The molecule has 0 radical (unpaired) electrons. The summed E-state index contributed by atoms with van der Waals surface area (Å²) < 4.78 is 2.39. The molecule has 0 aliphatic carbocycles. The number of nitrogens with zero attached hydrogens (tertiary/aromatic N) is 3. The highest BCUT2D eigenvalue weighted by Crippen LogP contribution is 2.38. The number of rotatable bonds is 1. The van der Waals surface area contributed by atoms with Crippen LogP contribution in [0.25, 0.3) is 0 Å². The minimum absolute atomic E-state index is 0.614. The molecule has 88 valence electrons. The lowest BCUT2D eigenvalue weighted by Crippen LogP contribution is -2.20. The standard InChI is InChI=1S/C12H19N3S/c1-9-5-6-15-11(8-9)13-14-12(15)10-4-2-3-7-16-10/h9-10H,2-8H2,1H3. The lowest BCUT2D eigenvalue weighted by molar-refractivity contribution is 0.400. The molecule has 0 bridgehead atoms. The zero-order chi connectivity index (χ0) is 11.0. The lowest BCUT2D eigenvalue weighted by atomic mass is 10.00. The summed E-state index contributed by atoms with van der Waals surface area (Å²) in [5.74, 6) is 4.55. The van der Waals surface area contributed by atoms with Gasteiger partial charge in [-0.05, 0) is 30.9 Å². The summed E-state index contributed by atoms with van der Waals surface area (Å²) in [6.45, 7) is 3.45. The molecule has 1 aromatic rings. The second-order valence-corrected chi connectivity index (χ2v) is 6.39. The van der Waals surface area contributed by atoms with Gasteiger partial charge in [-0.1, -0.05) is 13.3 Å². The van der Waals surface area contributed by atoms with Crippen LogP contribution in [-0.2, 0) is 13.0 Å². The van der Waals surface area contributed by atoms with Gasteiger partial charge in [-0.2, -0.15) is 11.8 Å². The van der Waals surface area contributed by atoms with E-state index < -0.39 is 0 Å². The number of fused-ring (bicyclic) bond motifs is 1. The molecule has 0 amide bonds. The minimum Gasteiger partial charge on any atom is -0.314 e. The van der Waals surface area contributed by atoms with Crippen molar-refractivity contribution in [3.63, 3.8) is 0 Å². The first-order chi connectivity index (χ1) is 7.84. The third kappa shape index (κ3) is 1.88. The predicted molar refractivity (Wildman–Crippen MR) is 66.6 cm³/mol. The van der Waals surface area contributed by atoms with E-state index in [0.29, 0.717) is 5.25 Å². The molecule has 3 rings (SSSR count). The fourth-order valence-electron chi connectivity index (χ4n) is 2.69. The van der Waals surface area contributed by atoms with Gasteiger partial charge >= 0.3 is 0 Å². The Kier molecular flexibility index (Phi) is 2.92. The van der Waals surface area contributed by atoms with Crippen LogP contribution in [0, 0.1) is 5.92 Å². The Morgan fingerprint density at radius 1 is 1.25 bits per heavy atom. The SMILES string of the molecule is CC1CCn2c(nnc2C2CCCCS2)C1. The van der Waals surface area contributed by atoms with Crippen molar-refractivity contribution in [2.75, 3.05) is 5.75 Å². The van der Waals surface area contributed by atoms with Gasteiger partial charge in [0.1, 0.15) is 11.6 Å². The summed E-state index contributed by atoms with van der Waals surface area (Å²) in [5.41, 5.74) is 0. The molecule has 0 aromatic carbocycles. The van der Waals surface area contributed by atoms with Crippen LogP contribution in [-0.4, -0.2) is 20.5 Å². The average molecular weight is 237 g/mol. The normalized spacial score (nSPS) is 30.1. The van der Waals surface area contributed by atoms with Crippen LogP contribution >= 0.6 is 11.8 Å². The summed E-state index contributed by atoms with van der Waals surface area (Å²) in [4.78, 5) is 0. The highest BCUT2D eigenvalue weighted by Gasteiger charge is 2.26. The molecule has 0 spiro atoms. The van der Waals surface area contributed by atoms with Gasteiger partial charge in [0.2, 0.25) is 0 Å². The van der Waals surface area contributed by atoms with Crippen molar-refractivity contribution >= 4 is 11.8 Å². The Labute approximate surface area is 101 Å².